The summed E-state index contributed by atoms with van der Waals surface area (Å²) >= 11 is 0. The Morgan fingerprint density at radius 2 is 1.76 bits per heavy atom. The monoisotopic (exact) mass is 613 g/mol. The Hall–Kier alpha value is 1.14. The van der Waals surface area contributed by atoms with Crippen LogP contribution in [0.15, 0.2) is 11.6 Å². The van der Waals surface area contributed by atoms with E-state index in [9.17, 15) is 5.11 Å². The van der Waals surface area contributed by atoms with Crippen LogP contribution < -0.4 is 0 Å². The minimum absolute atomic E-state index is 0. The molecule has 0 amide bonds. The van der Waals surface area contributed by atoms with E-state index in [0.717, 1.165) is 48.3 Å². The fraction of sp³-hybridized carbons (Fsp3) is 0.926. The molecule has 0 aliphatic heterocycles. The van der Waals surface area contributed by atoms with Crippen molar-refractivity contribution in [3.05, 3.63) is 11.6 Å². The van der Waals surface area contributed by atoms with Crippen molar-refractivity contribution in [3.63, 3.8) is 0 Å². The molecule has 8 unspecified atom stereocenters. The number of allylic oxidation sites excluding steroid dienone is 1. The molecular weight excluding hydrogens is 567 g/mol. The molecule has 4 aliphatic carbocycles. The molecule has 0 aromatic rings. The third-order valence-corrected chi connectivity index (χ3v) is 10.3. The van der Waals surface area contributed by atoms with E-state index >= 15 is 0 Å². The molecule has 3 fully saturated rings. The third-order valence-electron chi connectivity index (χ3n) is 10.3. The van der Waals surface area contributed by atoms with Gasteiger partial charge in [0.05, 0.1) is 6.10 Å². The SMILES string of the molecule is CC(C)CCCC(C)C1CCC2C3CC=C4CC(O)CCC4(C)C3CCC12C.[Ac]. The van der Waals surface area contributed by atoms with Crippen LogP contribution in [0.3, 0.4) is 0 Å². The standard InChI is InChI=1S/C27H46O.Ac/c1-18(2)7-6-8-19(3)23-11-12-24-22-10-9-20-17-21(28)13-15-26(20,4)25(22)14-16-27(23,24)5;/h9,18-19,21-25,28H,6-8,10-17H2,1-5H3;. The first-order chi connectivity index (χ1) is 13.3. The molecule has 0 aromatic heterocycles. The van der Waals surface area contributed by atoms with Crippen LogP contribution in [0, 0.1) is 90.4 Å². The number of rotatable bonds is 5. The summed E-state index contributed by atoms with van der Waals surface area (Å²) in [6.45, 7) is 12.6. The molecule has 163 valence electrons. The van der Waals surface area contributed by atoms with Gasteiger partial charge in [-0.25, -0.2) is 0 Å². The maximum atomic E-state index is 10.2. The van der Waals surface area contributed by atoms with Crippen molar-refractivity contribution < 1.29 is 49.2 Å². The first kappa shape index (κ1) is 24.8. The average molecular weight is 614 g/mol. The summed E-state index contributed by atoms with van der Waals surface area (Å²) in [6.07, 6.45) is 17.2. The fourth-order valence-corrected chi connectivity index (χ4v) is 8.67. The van der Waals surface area contributed by atoms with Gasteiger partial charge in [-0.15, -0.1) is 0 Å². The summed E-state index contributed by atoms with van der Waals surface area (Å²) in [5, 5.41) is 10.2. The molecule has 29 heavy (non-hydrogen) atoms. The molecule has 0 aromatic carbocycles. The van der Waals surface area contributed by atoms with Crippen LogP contribution >= 0.6 is 0 Å². The number of fused-ring (bicyclic) bond motifs is 5. The maximum absolute atomic E-state index is 10.2. The summed E-state index contributed by atoms with van der Waals surface area (Å²) in [4.78, 5) is 0. The number of aliphatic hydroxyl groups excluding tert-OH is 1. The number of hydrogen-bond acceptors (Lipinski definition) is 1. The predicted octanol–water partition coefficient (Wildman–Crippen LogP) is 7.39. The van der Waals surface area contributed by atoms with Crippen LogP contribution in [0.5, 0.6) is 0 Å². The van der Waals surface area contributed by atoms with Gasteiger partial charge in [0.15, 0.2) is 0 Å². The number of hydrogen-bond donors (Lipinski definition) is 1. The van der Waals surface area contributed by atoms with Crippen molar-refractivity contribution in [3.8, 4) is 0 Å². The zero-order valence-corrected chi connectivity index (χ0v) is 24.7. The Bertz CT molecular complexity index is 597. The molecular formula is C27H46AcO. The normalized spacial score (nSPS) is 44.9. The Balaban J connectivity index is 0.00000240. The van der Waals surface area contributed by atoms with E-state index in [0.29, 0.717) is 10.8 Å². The van der Waals surface area contributed by atoms with Crippen molar-refractivity contribution in [1.29, 1.82) is 0 Å². The molecule has 1 nitrogen and oxygen atoms in total. The van der Waals surface area contributed by atoms with Crippen LogP contribution in [0.4, 0.5) is 0 Å². The van der Waals surface area contributed by atoms with Crippen molar-refractivity contribution in [2.24, 2.45) is 46.3 Å². The van der Waals surface area contributed by atoms with E-state index < -0.39 is 0 Å². The quantitative estimate of drug-likeness (QED) is 0.321. The Kier molecular flexibility index (Phi) is 8.17. The molecule has 4 aliphatic rings. The third kappa shape index (κ3) is 4.49. The topological polar surface area (TPSA) is 20.2 Å². The van der Waals surface area contributed by atoms with Crippen LogP contribution in [-0.4, -0.2) is 11.2 Å². The smallest absolute Gasteiger partial charge is 0.0577 e. The Morgan fingerprint density at radius 1 is 1.00 bits per heavy atom. The van der Waals surface area contributed by atoms with Crippen LogP contribution in [-0.2, 0) is 0 Å². The molecule has 4 rings (SSSR count). The first-order valence-corrected chi connectivity index (χ1v) is 12.6. The number of aliphatic hydroxyl groups is 1. The summed E-state index contributed by atoms with van der Waals surface area (Å²) < 4.78 is 0. The van der Waals surface area contributed by atoms with Crippen molar-refractivity contribution in [1.82, 2.24) is 0 Å². The minimum Gasteiger partial charge on any atom is -0.393 e. The van der Waals surface area contributed by atoms with Crippen LogP contribution in [0.25, 0.3) is 0 Å². The fourth-order valence-electron chi connectivity index (χ4n) is 8.67. The van der Waals surface area contributed by atoms with E-state index in [1.165, 1.54) is 57.8 Å². The largest absolute Gasteiger partial charge is 0.393 e. The molecule has 0 saturated heterocycles. The van der Waals surface area contributed by atoms with E-state index in [1.54, 1.807) is 5.57 Å². The van der Waals surface area contributed by atoms with E-state index in [4.69, 9.17) is 0 Å². The Labute approximate surface area is 216 Å². The van der Waals surface area contributed by atoms with Gasteiger partial charge in [0.2, 0.25) is 0 Å². The molecule has 3 saturated carbocycles. The second kappa shape index (κ2) is 9.56. The maximum Gasteiger partial charge on any atom is 0.0577 e. The summed E-state index contributed by atoms with van der Waals surface area (Å²) in [6, 6.07) is 0. The zero-order chi connectivity index (χ0) is 20.1. The van der Waals surface area contributed by atoms with E-state index in [-0.39, 0.29) is 50.2 Å². The van der Waals surface area contributed by atoms with Crippen LogP contribution in [0.1, 0.15) is 105 Å². The Morgan fingerprint density at radius 3 is 2.48 bits per heavy atom. The van der Waals surface area contributed by atoms with Gasteiger partial charge < -0.3 is 5.11 Å². The zero-order valence-electron chi connectivity index (χ0n) is 19.9. The van der Waals surface area contributed by atoms with Crippen molar-refractivity contribution in [2.75, 3.05) is 0 Å². The summed E-state index contributed by atoms with van der Waals surface area (Å²) in [7, 11) is 0. The second-order valence-corrected chi connectivity index (χ2v) is 12.2. The second-order valence-electron chi connectivity index (χ2n) is 12.2. The molecule has 2 heteroatoms. The van der Waals surface area contributed by atoms with Gasteiger partial charge in [-0.3, -0.25) is 0 Å². The first-order valence-electron chi connectivity index (χ1n) is 12.6. The summed E-state index contributed by atoms with van der Waals surface area (Å²) in [5.41, 5.74) is 2.60. The van der Waals surface area contributed by atoms with Gasteiger partial charge in [-0.2, -0.15) is 0 Å². The summed E-state index contributed by atoms with van der Waals surface area (Å²) in [5.74, 6) is 5.46. The van der Waals surface area contributed by atoms with Crippen LogP contribution in [0.2, 0.25) is 0 Å². The molecule has 8 atom stereocenters. The van der Waals surface area contributed by atoms with Gasteiger partial charge in [-0.05, 0) is 97.7 Å². The van der Waals surface area contributed by atoms with Crippen molar-refractivity contribution in [2.45, 2.75) is 111 Å². The van der Waals surface area contributed by atoms with E-state index in [1.807, 2.05) is 0 Å². The average Bonchev–Trinajstić information content (AvgIpc) is 2.99. The van der Waals surface area contributed by atoms with Gasteiger partial charge in [0, 0.05) is 44.1 Å². The molecule has 0 heterocycles. The van der Waals surface area contributed by atoms with E-state index in [2.05, 4.69) is 40.7 Å². The molecule has 0 spiro atoms. The van der Waals surface area contributed by atoms with Gasteiger partial charge >= 0.3 is 0 Å². The molecule has 1 N–H and O–H groups in total. The van der Waals surface area contributed by atoms with Crippen molar-refractivity contribution >= 4 is 0 Å². The van der Waals surface area contributed by atoms with Gasteiger partial charge in [0.25, 0.3) is 0 Å². The van der Waals surface area contributed by atoms with Gasteiger partial charge in [-0.1, -0.05) is 65.5 Å². The molecule has 0 bridgehead atoms. The minimum atomic E-state index is -0.0766. The van der Waals surface area contributed by atoms with Gasteiger partial charge in [0.1, 0.15) is 0 Å². The molecule has 1 radical (unpaired) electrons. The predicted molar refractivity (Wildman–Crippen MR) is 119 cm³/mol.